The second-order valence-electron chi connectivity index (χ2n) is 7.55. The average molecular weight is 453 g/mol. The Bertz CT molecular complexity index is 1320. The first-order valence-corrected chi connectivity index (χ1v) is 10.4. The molecular formula is C24H23F2N4O3+. The number of ether oxygens (including phenoxy) is 1. The summed E-state index contributed by atoms with van der Waals surface area (Å²) in [7, 11) is 1.62. The molecule has 33 heavy (non-hydrogen) atoms. The number of halogens is 2. The summed E-state index contributed by atoms with van der Waals surface area (Å²) in [5, 5.41) is 17.3. The van der Waals surface area contributed by atoms with E-state index in [0.29, 0.717) is 50.2 Å². The largest absolute Gasteiger partial charge is 0.493 e. The van der Waals surface area contributed by atoms with Crippen LogP contribution in [0.5, 0.6) is 5.75 Å². The highest BCUT2D eigenvalue weighted by atomic mass is 19.1. The molecule has 0 atom stereocenters. The van der Waals surface area contributed by atoms with Gasteiger partial charge in [-0.2, -0.15) is 5.10 Å². The third-order valence-corrected chi connectivity index (χ3v) is 5.37. The summed E-state index contributed by atoms with van der Waals surface area (Å²) in [6.45, 7) is 1.49. The molecule has 4 rings (SSSR count). The SMILES string of the molecule is CCOc1cc(C(=O)N(C)Cc2c[n+](O)c(CF)c3cn[nH]c23)ccc1-c1cccc(F)c1. The van der Waals surface area contributed by atoms with Crippen molar-refractivity contribution in [3.8, 4) is 16.9 Å². The van der Waals surface area contributed by atoms with Crippen molar-refractivity contribution in [2.75, 3.05) is 13.7 Å². The van der Waals surface area contributed by atoms with Gasteiger partial charge in [-0.1, -0.05) is 12.1 Å². The van der Waals surface area contributed by atoms with E-state index in [-0.39, 0.29) is 24.0 Å². The summed E-state index contributed by atoms with van der Waals surface area (Å²) in [6, 6.07) is 11.2. The molecule has 170 valence electrons. The molecule has 0 unspecified atom stereocenters. The monoisotopic (exact) mass is 453 g/mol. The molecule has 0 radical (unpaired) electrons. The summed E-state index contributed by atoms with van der Waals surface area (Å²) in [5.41, 5.74) is 2.90. The fourth-order valence-electron chi connectivity index (χ4n) is 3.79. The van der Waals surface area contributed by atoms with Crippen LogP contribution in [-0.4, -0.2) is 39.9 Å². The zero-order chi connectivity index (χ0) is 23.5. The molecule has 2 aromatic carbocycles. The summed E-state index contributed by atoms with van der Waals surface area (Å²) < 4.78 is 33.4. The number of alkyl halides is 1. The lowest BCUT2D eigenvalue weighted by Crippen LogP contribution is -2.36. The van der Waals surface area contributed by atoms with Crippen LogP contribution in [0, 0.1) is 5.82 Å². The van der Waals surface area contributed by atoms with Gasteiger partial charge in [0.2, 0.25) is 6.20 Å². The molecule has 1 amide bonds. The number of benzene rings is 2. The molecular weight excluding hydrogens is 430 g/mol. The Morgan fingerprint density at radius 1 is 1.27 bits per heavy atom. The molecule has 2 heterocycles. The summed E-state index contributed by atoms with van der Waals surface area (Å²) in [5.74, 6) is -0.174. The van der Waals surface area contributed by atoms with Gasteiger partial charge in [-0.05, 0) is 42.8 Å². The van der Waals surface area contributed by atoms with Crippen LogP contribution in [0.3, 0.4) is 0 Å². The van der Waals surface area contributed by atoms with Crippen LogP contribution in [0.2, 0.25) is 0 Å². The van der Waals surface area contributed by atoms with E-state index in [0.717, 1.165) is 0 Å². The van der Waals surface area contributed by atoms with E-state index >= 15 is 0 Å². The first-order chi connectivity index (χ1) is 15.9. The maximum atomic E-state index is 13.7. The van der Waals surface area contributed by atoms with E-state index in [1.807, 2.05) is 6.92 Å². The lowest BCUT2D eigenvalue weighted by Gasteiger charge is -2.18. The quantitative estimate of drug-likeness (QED) is 0.327. The number of carbonyl (C=O) groups is 1. The van der Waals surface area contributed by atoms with E-state index in [1.165, 1.54) is 29.4 Å². The Labute approximate surface area is 188 Å². The van der Waals surface area contributed by atoms with Crippen molar-refractivity contribution in [1.29, 1.82) is 0 Å². The van der Waals surface area contributed by atoms with E-state index in [1.54, 1.807) is 37.4 Å². The number of aromatic amines is 1. The van der Waals surface area contributed by atoms with Crippen LogP contribution in [0.25, 0.3) is 22.0 Å². The van der Waals surface area contributed by atoms with Gasteiger partial charge in [-0.25, -0.2) is 8.78 Å². The van der Waals surface area contributed by atoms with E-state index in [4.69, 9.17) is 4.74 Å². The minimum absolute atomic E-state index is 0.0748. The second kappa shape index (κ2) is 9.23. The lowest BCUT2D eigenvalue weighted by atomic mass is 10.0. The zero-order valence-electron chi connectivity index (χ0n) is 18.2. The number of carbonyl (C=O) groups excluding carboxylic acids is 1. The molecule has 2 aromatic heterocycles. The molecule has 0 aliphatic rings. The number of fused-ring (bicyclic) bond motifs is 1. The Morgan fingerprint density at radius 3 is 2.82 bits per heavy atom. The van der Waals surface area contributed by atoms with Crippen LogP contribution in [0.4, 0.5) is 8.78 Å². The Balaban J connectivity index is 1.63. The maximum Gasteiger partial charge on any atom is 0.275 e. The second-order valence-corrected chi connectivity index (χ2v) is 7.55. The third-order valence-electron chi connectivity index (χ3n) is 5.37. The minimum atomic E-state index is -0.862. The molecule has 0 saturated carbocycles. The molecule has 0 bridgehead atoms. The molecule has 0 aliphatic carbocycles. The Morgan fingerprint density at radius 2 is 2.09 bits per heavy atom. The van der Waals surface area contributed by atoms with E-state index < -0.39 is 6.67 Å². The van der Waals surface area contributed by atoms with Crippen molar-refractivity contribution < 1.29 is 28.2 Å². The van der Waals surface area contributed by atoms with Gasteiger partial charge in [0.25, 0.3) is 11.6 Å². The Hall–Kier alpha value is -4.01. The summed E-state index contributed by atoms with van der Waals surface area (Å²) in [6.07, 6.45) is 2.79. The molecule has 0 fully saturated rings. The number of pyridine rings is 1. The molecule has 0 saturated heterocycles. The van der Waals surface area contributed by atoms with Crippen molar-refractivity contribution >= 4 is 16.8 Å². The average Bonchev–Trinajstić information content (AvgIpc) is 3.29. The summed E-state index contributed by atoms with van der Waals surface area (Å²) in [4.78, 5) is 14.6. The van der Waals surface area contributed by atoms with Crippen LogP contribution < -0.4 is 9.47 Å². The van der Waals surface area contributed by atoms with Gasteiger partial charge in [0.1, 0.15) is 11.6 Å². The van der Waals surface area contributed by atoms with Crippen LogP contribution in [-0.2, 0) is 13.2 Å². The fourth-order valence-corrected chi connectivity index (χ4v) is 3.79. The van der Waals surface area contributed by atoms with Crippen molar-refractivity contribution in [3.63, 3.8) is 0 Å². The van der Waals surface area contributed by atoms with Crippen molar-refractivity contribution in [3.05, 3.63) is 77.5 Å². The highest BCUT2D eigenvalue weighted by molar-refractivity contribution is 5.95. The fraction of sp³-hybridized carbons (Fsp3) is 0.208. The molecule has 0 aliphatic heterocycles. The van der Waals surface area contributed by atoms with Crippen LogP contribution >= 0.6 is 0 Å². The molecule has 9 heteroatoms. The summed E-state index contributed by atoms with van der Waals surface area (Å²) >= 11 is 0. The van der Waals surface area contributed by atoms with Gasteiger partial charge in [0.15, 0.2) is 6.67 Å². The van der Waals surface area contributed by atoms with E-state index in [2.05, 4.69) is 10.2 Å². The van der Waals surface area contributed by atoms with Gasteiger partial charge >= 0.3 is 0 Å². The van der Waals surface area contributed by atoms with Crippen LogP contribution in [0.1, 0.15) is 28.5 Å². The third kappa shape index (κ3) is 4.34. The molecule has 4 aromatic rings. The van der Waals surface area contributed by atoms with Crippen molar-refractivity contribution in [1.82, 2.24) is 15.1 Å². The van der Waals surface area contributed by atoms with Gasteiger partial charge in [-0.15, -0.1) is 0 Å². The normalized spacial score (nSPS) is 11.0. The maximum absolute atomic E-state index is 13.7. The predicted octanol–water partition coefficient (Wildman–Crippen LogP) is 4.03. The number of hydrogen-bond acceptors (Lipinski definition) is 4. The first kappa shape index (κ1) is 22.2. The topological polar surface area (TPSA) is 82.3 Å². The van der Waals surface area contributed by atoms with Gasteiger partial charge in [0, 0.05) is 22.9 Å². The molecule has 7 nitrogen and oxygen atoms in total. The van der Waals surface area contributed by atoms with Gasteiger partial charge < -0.3 is 9.64 Å². The first-order valence-electron chi connectivity index (χ1n) is 10.4. The number of amides is 1. The number of hydrogen-bond donors (Lipinski definition) is 2. The number of nitrogens with zero attached hydrogens (tertiary/aromatic N) is 3. The van der Waals surface area contributed by atoms with Crippen molar-refractivity contribution in [2.45, 2.75) is 20.1 Å². The molecule has 2 N–H and O–H groups in total. The zero-order valence-corrected chi connectivity index (χ0v) is 18.2. The van der Waals surface area contributed by atoms with Gasteiger partial charge in [0.05, 0.1) is 35.8 Å². The van der Waals surface area contributed by atoms with Crippen LogP contribution in [0.15, 0.2) is 54.9 Å². The van der Waals surface area contributed by atoms with Crippen molar-refractivity contribution in [2.24, 2.45) is 0 Å². The van der Waals surface area contributed by atoms with Gasteiger partial charge in [-0.3, -0.25) is 15.1 Å². The number of H-pyrrole nitrogens is 1. The standard InChI is InChI=1S/C24H22F2N4O3/c1-3-33-22-10-16(7-8-19(22)15-5-4-6-18(26)9-15)24(31)29(2)13-17-14-30(32)21(11-25)20-12-27-28-23(17)20/h4-10,12,14,32H,3,11,13H2,1-2H3/p+1. The highest BCUT2D eigenvalue weighted by Gasteiger charge is 2.23. The number of rotatable bonds is 7. The lowest BCUT2D eigenvalue weighted by molar-refractivity contribution is -0.909. The predicted molar refractivity (Wildman–Crippen MR) is 117 cm³/mol. The number of nitrogens with one attached hydrogen (secondary N) is 1. The minimum Gasteiger partial charge on any atom is -0.493 e. The Kier molecular flexibility index (Phi) is 6.21. The number of aromatic nitrogens is 3. The smallest absolute Gasteiger partial charge is 0.275 e. The highest BCUT2D eigenvalue weighted by Crippen LogP contribution is 2.32. The van der Waals surface area contributed by atoms with E-state index in [9.17, 15) is 18.8 Å². The molecule has 0 spiro atoms.